The van der Waals surface area contributed by atoms with E-state index >= 15 is 0 Å². The lowest BCUT2D eigenvalue weighted by atomic mass is 9.91. The SMILES string of the molecule is Cc1cc(F)cc(Cl)c1NNC1CCCCC1n1cccn1. The maximum atomic E-state index is 13.3. The normalized spacial score (nSPS) is 21.8. The van der Waals surface area contributed by atoms with E-state index in [1.165, 1.54) is 25.0 Å². The minimum Gasteiger partial charge on any atom is -0.319 e. The van der Waals surface area contributed by atoms with Crippen LogP contribution in [0.2, 0.25) is 5.02 Å². The first kappa shape index (κ1) is 15.3. The minimum atomic E-state index is -0.319. The number of anilines is 1. The van der Waals surface area contributed by atoms with Gasteiger partial charge in [0.2, 0.25) is 0 Å². The van der Waals surface area contributed by atoms with Crippen LogP contribution in [0.1, 0.15) is 37.3 Å². The van der Waals surface area contributed by atoms with Crippen LogP contribution in [0.5, 0.6) is 0 Å². The van der Waals surface area contributed by atoms with Crippen LogP contribution in [-0.2, 0) is 0 Å². The van der Waals surface area contributed by atoms with Crippen LogP contribution in [0, 0.1) is 12.7 Å². The van der Waals surface area contributed by atoms with Gasteiger partial charge < -0.3 is 5.43 Å². The van der Waals surface area contributed by atoms with Crippen molar-refractivity contribution in [2.45, 2.75) is 44.7 Å². The third-order valence-electron chi connectivity index (χ3n) is 4.23. The first-order valence-electron chi connectivity index (χ1n) is 7.61. The van der Waals surface area contributed by atoms with Gasteiger partial charge in [0, 0.05) is 18.4 Å². The number of aryl methyl sites for hydroxylation is 1. The van der Waals surface area contributed by atoms with Crippen molar-refractivity contribution in [2.75, 3.05) is 5.43 Å². The molecule has 2 N–H and O–H groups in total. The van der Waals surface area contributed by atoms with Crippen LogP contribution in [-0.4, -0.2) is 15.8 Å². The summed E-state index contributed by atoms with van der Waals surface area (Å²) < 4.78 is 15.3. The van der Waals surface area contributed by atoms with Crippen LogP contribution in [0.25, 0.3) is 0 Å². The highest BCUT2D eigenvalue weighted by Gasteiger charge is 2.26. The lowest BCUT2D eigenvalue weighted by Crippen LogP contribution is -2.43. The Morgan fingerprint density at radius 2 is 2.14 bits per heavy atom. The van der Waals surface area contributed by atoms with Crippen LogP contribution in [0.3, 0.4) is 0 Å². The van der Waals surface area contributed by atoms with Gasteiger partial charge in [0.15, 0.2) is 0 Å². The summed E-state index contributed by atoms with van der Waals surface area (Å²) in [5.74, 6) is -0.319. The Hall–Kier alpha value is -1.59. The zero-order valence-corrected chi connectivity index (χ0v) is 13.3. The van der Waals surface area contributed by atoms with Gasteiger partial charge in [-0.3, -0.25) is 4.68 Å². The van der Waals surface area contributed by atoms with Crippen molar-refractivity contribution >= 4 is 17.3 Å². The highest BCUT2D eigenvalue weighted by atomic mass is 35.5. The Kier molecular flexibility index (Phi) is 4.64. The van der Waals surface area contributed by atoms with Gasteiger partial charge in [-0.25, -0.2) is 9.82 Å². The molecular formula is C16H20ClFN4. The van der Waals surface area contributed by atoms with E-state index in [1.54, 1.807) is 6.20 Å². The van der Waals surface area contributed by atoms with E-state index in [2.05, 4.69) is 16.0 Å². The van der Waals surface area contributed by atoms with Crippen molar-refractivity contribution in [1.29, 1.82) is 0 Å². The second-order valence-corrected chi connectivity index (χ2v) is 6.20. The number of nitrogens with zero attached hydrogens (tertiary/aromatic N) is 2. The van der Waals surface area contributed by atoms with Gasteiger partial charge in [-0.05, 0) is 43.5 Å². The first-order chi connectivity index (χ1) is 10.6. The number of halogens is 2. The average molecular weight is 323 g/mol. The monoisotopic (exact) mass is 322 g/mol. The molecular weight excluding hydrogens is 303 g/mol. The number of hydrogen-bond acceptors (Lipinski definition) is 3. The zero-order chi connectivity index (χ0) is 15.5. The van der Waals surface area contributed by atoms with Gasteiger partial charge in [0.05, 0.1) is 16.8 Å². The van der Waals surface area contributed by atoms with Gasteiger partial charge in [-0.15, -0.1) is 0 Å². The molecule has 1 fully saturated rings. The van der Waals surface area contributed by atoms with Crippen LogP contribution >= 0.6 is 11.6 Å². The number of benzene rings is 1. The molecule has 0 bridgehead atoms. The van der Waals surface area contributed by atoms with E-state index < -0.39 is 0 Å². The van der Waals surface area contributed by atoms with Gasteiger partial charge in [0.1, 0.15) is 5.82 Å². The van der Waals surface area contributed by atoms with E-state index in [0.717, 1.165) is 24.1 Å². The maximum Gasteiger partial charge on any atom is 0.125 e. The lowest BCUT2D eigenvalue weighted by Gasteiger charge is -2.33. The van der Waals surface area contributed by atoms with E-state index in [9.17, 15) is 4.39 Å². The molecule has 2 atom stereocenters. The molecule has 1 saturated carbocycles. The molecule has 1 aliphatic rings. The van der Waals surface area contributed by atoms with Crippen molar-refractivity contribution in [3.8, 4) is 0 Å². The van der Waals surface area contributed by atoms with E-state index in [-0.39, 0.29) is 11.9 Å². The molecule has 2 aromatic rings. The second kappa shape index (κ2) is 6.67. The molecule has 1 heterocycles. The van der Waals surface area contributed by atoms with Crippen molar-refractivity contribution < 1.29 is 4.39 Å². The number of nitrogens with one attached hydrogen (secondary N) is 2. The minimum absolute atomic E-state index is 0.258. The fraction of sp³-hybridized carbons (Fsp3) is 0.438. The molecule has 3 rings (SSSR count). The molecule has 2 unspecified atom stereocenters. The molecule has 1 aromatic heterocycles. The Labute approximate surface area is 134 Å². The highest BCUT2D eigenvalue weighted by molar-refractivity contribution is 6.33. The highest BCUT2D eigenvalue weighted by Crippen LogP contribution is 2.30. The third kappa shape index (κ3) is 3.25. The summed E-state index contributed by atoms with van der Waals surface area (Å²) in [6.07, 6.45) is 8.36. The summed E-state index contributed by atoms with van der Waals surface area (Å²) in [5, 5.41) is 4.75. The van der Waals surface area contributed by atoms with Crippen molar-refractivity contribution in [3.05, 3.63) is 47.0 Å². The fourth-order valence-electron chi connectivity index (χ4n) is 3.10. The smallest absolute Gasteiger partial charge is 0.125 e. The molecule has 0 aliphatic heterocycles. The van der Waals surface area contributed by atoms with Crippen LogP contribution < -0.4 is 10.9 Å². The van der Waals surface area contributed by atoms with E-state index in [1.807, 2.05) is 23.9 Å². The molecule has 0 radical (unpaired) electrons. The van der Waals surface area contributed by atoms with E-state index in [4.69, 9.17) is 11.6 Å². The Morgan fingerprint density at radius 3 is 2.86 bits per heavy atom. The summed E-state index contributed by atoms with van der Waals surface area (Å²) in [7, 11) is 0. The van der Waals surface area contributed by atoms with Crippen molar-refractivity contribution in [1.82, 2.24) is 15.2 Å². The van der Waals surface area contributed by atoms with Crippen LogP contribution in [0.4, 0.5) is 10.1 Å². The van der Waals surface area contributed by atoms with Gasteiger partial charge in [-0.2, -0.15) is 5.10 Å². The number of hydrazine groups is 1. The molecule has 1 aromatic carbocycles. The molecule has 1 aliphatic carbocycles. The average Bonchev–Trinajstić information content (AvgIpc) is 3.00. The molecule has 118 valence electrons. The standard InChI is InChI=1S/C16H20ClFN4/c1-11-9-12(18)10-13(17)16(11)21-20-14-5-2-3-6-15(14)22-8-4-7-19-22/h4,7-10,14-15,20-21H,2-3,5-6H2,1H3. The third-order valence-corrected chi connectivity index (χ3v) is 4.53. The Morgan fingerprint density at radius 1 is 1.32 bits per heavy atom. The molecule has 6 heteroatoms. The fourth-order valence-corrected chi connectivity index (χ4v) is 3.40. The van der Waals surface area contributed by atoms with Crippen molar-refractivity contribution in [2.24, 2.45) is 0 Å². The Bertz CT molecular complexity index is 606. The first-order valence-corrected chi connectivity index (χ1v) is 7.99. The molecule has 0 spiro atoms. The lowest BCUT2D eigenvalue weighted by molar-refractivity contribution is 0.256. The summed E-state index contributed by atoms with van der Waals surface area (Å²) in [6, 6.07) is 5.32. The quantitative estimate of drug-likeness (QED) is 0.833. The molecule has 22 heavy (non-hydrogen) atoms. The number of hydrogen-bond donors (Lipinski definition) is 2. The predicted octanol–water partition coefficient (Wildman–Crippen LogP) is 4.08. The Balaban J connectivity index is 1.72. The zero-order valence-electron chi connectivity index (χ0n) is 12.5. The van der Waals surface area contributed by atoms with Gasteiger partial charge in [0.25, 0.3) is 0 Å². The summed E-state index contributed by atoms with van der Waals surface area (Å²) in [5.41, 5.74) is 8.05. The molecule has 4 nitrogen and oxygen atoms in total. The molecule has 0 amide bonds. The summed E-state index contributed by atoms with van der Waals surface area (Å²) >= 11 is 6.13. The summed E-state index contributed by atoms with van der Waals surface area (Å²) in [4.78, 5) is 0. The van der Waals surface area contributed by atoms with E-state index in [0.29, 0.717) is 11.1 Å². The predicted molar refractivity (Wildman–Crippen MR) is 86.4 cm³/mol. The summed E-state index contributed by atoms with van der Waals surface area (Å²) in [6.45, 7) is 1.84. The molecule has 0 saturated heterocycles. The number of aromatic nitrogens is 2. The van der Waals surface area contributed by atoms with Crippen LogP contribution in [0.15, 0.2) is 30.6 Å². The maximum absolute atomic E-state index is 13.3. The van der Waals surface area contributed by atoms with Gasteiger partial charge >= 0.3 is 0 Å². The van der Waals surface area contributed by atoms with Crippen molar-refractivity contribution in [3.63, 3.8) is 0 Å². The largest absolute Gasteiger partial charge is 0.319 e. The topological polar surface area (TPSA) is 41.9 Å². The number of rotatable bonds is 4. The second-order valence-electron chi connectivity index (χ2n) is 5.79. The van der Waals surface area contributed by atoms with Gasteiger partial charge in [-0.1, -0.05) is 24.4 Å².